The second-order valence-corrected chi connectivity index (χ2v) is 6.60. The average Bonchev–Trinajstić information content (AvgIpc) is 2.79. The highest BCUT2D eigenvalue weighted by Crippen LogP contribution is 2.24. The Bertz CT molecular complexity index is 774. The van der Waals surface area contributed by atoms with Crippen LogP contribution in [0.5, 0.6) is 0 Å². The summed E-state index contributed by atoms with van der Waals surface area (Å²) in [6, 6.07) is 1.24. The van der Waals surface area contributed by atoms with E-state index < -0.39 is 32.2 Å². The van der Waals surface area contributed by atoms with Crippen LogP contribution in [0, 0.1) is 11.6 Å². The van der Waals surface area contributed by atoms with Gasteiger partial charge in [0.2, 0.25) is 10.0 Å². The first-order valence-electron chi connectivity index (χ1n) is 5.90. The van der Waals surface area contributed by atoms with Crippen molar-refractivity contribution in [3.63, 3.8) is 0 Å². The topological polar surface area (TPSA) is 81.2 Å². The summed E-state index contributed by atoms with van der Waals surface area (Å²) in [5, 5.41) is 3.92. The fourth-order valence-electron chi connectivity index (χ4n) is 1.81. The molecule has 0 unspecified atom stereocenters. The highest BCUT2D eigenvalue weighted by molar-refractivity contribution is 7.89. The zero-order chi connectivity index (χ0) is 15.8. The molecule has 114 valence electrons. The molecule has 1 heterocycles. The molecule has 1 aromatic heterocycles. The zero-order valence-corrected chi connectivity index (χ0v) is 12.2. The smallest absolute Gasteiger partial charge is 0.246 e. The Morgan fingerprint density at radius 1 is 1.33 bits per heavy atom. The monoisotopic (exact) mass is 316 g/mol. The van der Waals surface area contributed by atoms with Gasteiger partial charge in [-0.25, -0.2) is 17.2 Å². The van der Waals surface area contributed by atoms with E-state index in [1.165, 1.54) is 17.9 Å². The standard InChI is InChI=1S/C12H14F2N4O2S/c1-17-6-8(5-16-17)7-18(2)21(19,20)12-4-11(15)9(13)3-10(12)14/h3-6H,7,15H2,1-2H3. The normalized spacial score (nSPS) is 12.0. The van der Waals surface area contributed by atoms with Crippen molar-refractivity contribution in [2.45, 2.75) is 11.4 Å². The van der Waals surface area contributed by atoms with Crippen molar-refractivity contribution in [3.05, 3.63) is 41.7 Å². The van der Waals surface area contributed by atoms with Gasteiger partial charge in [0, 0.05) is 38.5 Å². The van der Waals surface area contributed by atoms with Gasteiger partial charge < -0.3 is 5.73 Å². The van der Waals surface area contributed by atoms with Crippen molar-refractivity contribution >= 4 is 15.7 Å². The first-order chi connectivity index (χ1) is 9.71. The van der Waals surface area contributed by atoms with Gasteiger partial charge in [-0.2, -0.15) is 9.40 Å². The lowest BCUT2D eigenvalue weighted by atomic mass is 10.3. The number of aromatic nitrogens is 2. The summed E-state index contributed by atoms with van der Waals surface area (Å²) in [4.78, 5) is -0.659. The zero-order valence-electron chi connectivity index (χ0n) is 11.4. The fraction of sp³-hybridized carbons (Fsp3) is 0.250. The minimum atomic E-state index is -4.12. The maximum atomic E-state index is 13.7. The second kappa shape index (κ2) is 5.41. The Labute approximate surface area is 120 Å². The molecule has 2 rings (SSSR count). The van der Waals surface area contributed by atoms with Gasteiger partial charge in [-0.1, -0.05) is 0 Å². The van der Waals surface area contributed by atoms with E-state index in [1.54, 1.807) is 13.2 Å². The molecule has 2 N–H and O–H groups in total. The number of hydrogen-bond acceptors (Lipinski definition) is 4. The van der Waals surface area contributed by atoms with Gasteiger partial charge in [0.05, 0.1) is 11.9 Å². The number of anilines is 1. The van der Waals surface area contributed by atoms with Crippen LogP contribution in [0.1, 0.15) is 5.56 Å². The van der Waals surface area contributed by atoms with Crippen LogP contribution in [0.4, 0.5) is 14.5 Å². The van der Waals surface area contributed by atoms with E-state index in [9.17, 15) is 17.2 Å². The van der Waals surface area contributed by atoms with E-state index in [2.05, 4.69) is 5.10 Å². The number of aryl methyl sites for hydroxylation is 1. The van der Waals surface area contributed by atoms with Gasteiger partial charge in [0.1, 0.15) is 16.5 Å². The maximum absolute atomic E-state index is 13.7. The second-order valence-electron chi connectivity index (χ2n) is 4.59. The minimum Gasteiger partial charge on any atom is -0.396 e. The van der Waals surface area contributed by atoms with Crippen molar-refractivity contribution in [3.8, 4) is 0 Å². The molecule has 0 atom stereocenters. The average molecular weight is 316 g/mol. The van der Waals surface area contributed by atoms with Gasteiger partial charge in [0.15, 0.2) is 0 Å². The van der Waals surface area contributed by atoms with Crippen molar-refractivity contribution in [2.24, 2.45) is 7.05 Å². The third-order valence-electron chi connectivity index (χ3n) is 2.90. The first kappa shape index (κ1) is 15.4. The molecule has 0 radical (unpaired) electrons. The minimum absolute atomic E-state index is 0.00684. The molecule has 0 aliphatic rings. The predicted molar refractivity (Wildman–Crippen MR) is 72.6 cm³/mol. The molecule has 0 saturated heterocycles. The highest BCUT2D eigenvalue weighted by atomic mass is 32.2. The molecule has 21 heavy (non-hydrogen) atoms. The Morgan fingerprint density at radius 3 is 2.57 bits per heavy atom. The van der Waals surface area contributed by atoms with Crippen LogP contribution < -0.4 is 5.73 Å². The largest absolute Gasteiger partial charge is 0.396 e. The summed E-state index contributed by atoms with van der Waals surface area (Å²) in [6.07, 6.45) is 3.14. The Hall–Kier alpha value is -2.00. The lowest BCUT2D eigenvalue weighted by molar-refractivity contribution is 0.458. The molecule has 2 aromatic rings. The van der Waals surface area contributed by atoms with Gasteiger partial charge in [0.25, 0.3) is 0 Å². The van der Waals surface area contributed by atoms with Crippen molar-refractivity contribution < 1.29 is 17.2 Å². The third-order valence-corrected chi connectivity index (χ3v) is 4.72. The lowest BCUT2D eigenvalue weighted by Crippen LogP contribution is -2.27. The Balaban J connectivity index is 2.35. The van der Waals surface area contributed by atoms with Crippen LogP contribution in [0.3, 0.4) is 0 Å². The Kier molecular flexibility index (Phi) is 3.97. The molecule has 9 heteroatoms. The summed E-state index contributed by atoms with van der Waals surface area (Å²) in [7, 11) is -1.14. The van der Waals surface area contributed by atoms with Crippen LogP contribution in [0.15, 0.2) is 29.4 Å². The summed E-state index contributed by atoms with van der Waals surface area (Å²) in [5.41, 5.74) is 5.52. The summed E-state index contributed by atoms with van der Waals surface area (Å²) in [5.74, 6) is -2.18. The molecule has 0 amide bonds. The number of rotatable bonds is 4. The van der Waals surface area contributed by atoms with Gasteiger partial charge >= 0.3 is 0 Å². The van der Waals surface area contributed by atoms with Crippen LogP contribution >= 0.6 is 0 Å². The molecule has 0 aliphatic heterocycles. The number of hydrogen-bond donors (Lipinski definition) is 1. The molecular formula is C12H14F2N4O2S. The fourth-order valence-corrected chi connectivity index (χ4v) is 3.04. The number of benzene rings is 1. The molecular weight excluding hydrogens is 302 g/mol. The van der Waals surface area contributed by atoms with E-state index in [-0.39, 0.29) is 6.54 Å². The summed E-state index contributed by atoms with van der Waals surface area (Å²) < 4.78 is 53.9. The van der Waals surface area contributed by atoms with Crippen LogP contribution in [0.25, 0.3) is 0 Å². The summed E-state index contributed by atoms with van der Waals surface area (Å²) >= 11 is 0. The predicted octanol–water partition coefficient (Wildman–Crippen LogP) is 1.10. The number of nitrogen functional groups attached to an aromatic ring is 1. The third kappa shape index (κ3) is 3.03. The number of halogens is 2. The molecule has 0 saturated carbocycles. The van der Waals surface area contributed by atoms with Crippen LogP contribution in [-0.2, 0) is 23.6 Å². The van der Waals surface area contributed by atoms with Crippen molar-refractivity contribution in [1.29, 1.82) is 0 Å². The first-order valence-corrected chi connectivity index (χ1v) is 7.34. The van der Waals surface area contributed by atoms with E-state index in [0.29, 0.717) is 11.6 Å². The van der Waals surface area contributed by atoms with E-state index >= 15 is 0 Å². The SMILES string of the molecule is CN(Cc1cnn(C)c1)S(=O)(=O)c1cc(N)c(F)cc1F. The quantitative estimate of drug-likeness (QED) is 0.857. The summed E-state index contributed by atoms with van der Waals surface area (Å²) in [6.45, 7) is 0.00684. The van der Waals surface area contributed by atoms with E-state index in [0.717, 1.165) is 10.4 Å². The van der Waals surface area contributed by atoms with Crippen molar-refractivity contribution in [2.75, 3.05) is 12.8 Å². The molecule has 0 aliphatic carbocycles. The van der Waals surface area contributed by atoms with Crippen LogP contribution in [-0.4, -0.2) is 29.6 Å². The highest BCUT2D eigenvalue weighted by Gasteiger charge is 2.26. The number of nitrogens with two attached hydrogens (primary N) is 1. The number of nitrogens with zero attached hydrogens (tertiary/aromatic N) is 3. The lowest BCUT2D eigenvalue weighted by Gasteiger charge is -2.17. The van der Waals surface area contributed by atoms with Gasteiger partial charge in [-0.15, -0.1) is 0 Å². The molecule has 1 aromatic carbocycles. The maximum Gasteiger partial charge on any atom is 0.246 e. The Morgan fingerprint density at radius 2 is 2.00 bits per heavy atom. The van der Waals surface area contributed by atoms with E-state index in [1.807, 2.05) is 0 Å². The van der Waals surface area contributed by atoms with Crippen LogP contribution in [0.2, 0.25) is 0 Å². The van der Waals surface area contributed by atoms with E-state index in [4.69, 9.17) is 5.73 Å². The van der Waals surface area contributed by atoms with Crippen molar-refractivity contribution in [1.82, 2.24) is 14.1 Å². The van der Waals surface area contributed by atoms with Gasteiger partial charge in [-0.05, 0) is 6.07 Å². The molecule has 0 bridgehead atoms. The molecule has 0 spiro atoms. The molecule has 6 nitrogen and oxygen atoms in total. The molecule has 0 fully saturated rings. The van der Waals surface area contributed by atoms with Gasteiger partial charge in [-0.3, -0.25) is 4.68 Å². The number of sulfonamides is 1.